The van der Waals surface area contributed by atoms with Crippen LogP contribution in [0.2, 0.25) is 0 Å². The van der Waals surface area contributed by atoms with Crippen molar-refractivity contribution >= 4 is 27.5 Å². The van der Waals surface area contributed by atoms with Gasteiger partial charge in [0, 0.05) is 17.5 Å². The Labute approximate surface area is 199 Å². The van der Waals surface area contributed by atoms with Crippen LogP contribution >= 0.6 is 15.9 Å². The van der Waals surface area contributed by atoms with E-state index in [2.05, 4.69) is 15.9 Å². The molecule has 0 aliphatic carbocycles. The highest BCUT2D eigenvalue weighted by molar-refractivity contribution is 9.10. The highest BCUT2D eigenvalue weighted by Gasteiger charge is 2.37. The van der Waals surface area contributed by atoms with Crippen molar-refractivity contribution in [3.8, 4) is 23.0 Å². The van der Waals surface area contributed by atoms with Gasteiger partial charge in [0.25, 0.3) is 0 Å². The smallest absolute Gasteiger partial charge is 0.310 e. The summed E-state index contributed by atoms with van der Waals surface area (Å²) in [5.74, 6) is 2.27. The molecule has 4 rings (SSSR count). The lowest BCUT2D eigenvalue weighted by Crippen LogP contribution is -2.27. The van der Waals surface area contributed by atoms with E-state index in [1.807, 2.05) is 36.4 Å². The van der Waals surface area contributed by atoms with E-state index in [0.717, 1.165) is 11.1 Å². The zero-order valence-electron chi connectivity index (χ0n) is 18.6. The maximum absolute atomic E-state index is 13.4. The minimum Gasteiger partial charge on any atom is -0.497 e. The molecule has 0 spiro atoms. The summed E-state index contributed by atoms with van der Waals surface area (Å²) in [5.41, 5.74) is 2.30. The molecular formula is C24H23BrN2O6. The largest absolute Gasteiger partial charge is 0.497 e. The predicted octanol–water partition coefficient (Wildman–Crippen LogP) is 5.07. The molecule has 9 heteroatoms. The lowest BCUT2D eigenvalue weighted by Gasteiger charge is -2.23. The number of hydrogen-bond acceptors (Lipinski definition) is 7. The summed E-state index contributed by atoms with van der Waals surface area (Å²) >= 11 is 3.25. The standard InChI is InChI=1S/C24H23BrN2O6/c1-29-15-6-8-19(30-2)16(12-15)18-13-17(14-5-7-20(31-3)22(11-14)32-4)26-27(18)24(28)21-9-10-23(25)33-21/h5-12,18H,13H2,1-4H3/t18-/m0/s1. The number of halogens is 1. The Bertz CT molecular complexity index is 1210. The van der Waals surface area contributed by atoms with E-state index < -0.39 is 6.04 Å². The minimum atomic E-state index is -0.436. The number of benzene rings is 2. The van der Waals surface area contributed by atoms with Gasteiger partial charge in [0.2, 0.25) is 0 Å². The third-order valence-corrected chi connectivity index (χ3v) is 5.84. The number of carbonyl (C=O) groups excluding carboxylic acids is 1. The third kappa shape index (κ3) is 4.41. The van der Waals surface area contributed by atoms with Gasteiger partial charge in [-0.3, -0.25) is 4.79 Å². The molecule has 1 aromatic heterocycles. The van der Waals surface area contributed by atoms with Gasteiger partial charge in [-0.15, -0.1) is 0 Å². The molecule has 0 saturated carbocycles. The molecule has 172 valence electrons. The number of hydrogen-bond donors (Lipinski definition) is 0. The molecular weight excluding hydrogens is 492 g/mol. The Morgan fingerprint density at radius 2 is 1.67 bits per heavy atom. The lowest BCUT2D eigenvalue weighted by atomic mass is 9.97. The molecule has 33 heavy (non-hydrogen) atoms. The fourth-order valence-corrected chi connectivity index (χ4v) is 4.08. The van der Waals surface area contributed by atoms with Crippen molar-refractivity contribution in [3.05, 3.63) is 70.1 Å². The van der Waals surface area contributed by atoms with Gasteiger partial charge in [-0.05, 0) is 64.5 Å². The molecule has 8 nitrogen and oxygen atoms in total. The SMILES string of the molecule is COc1ccc(OC)c([C@@H]2CC(c3ccc(OC)c(OC)c3)=NN2C(=O)c2ccc(Br)o2)c1. The molecule has 1 amide bonds. The van der Waals surface area contributed by atoms with Crippen LogP contribution < -0.4 is 18.9 Å². The number of amides is 1. The van der Waals surface area contributed by atoms with Gasteiger partial charge >= 0.3 is 5.91 Å². The Morgan fingerprint density at radius 1 is 0.939 bits per heavy atom. The average Bonchev–Trinajstić information content (AvgIpc) is 3.49. The molecule has 2 aromatic carbocycles. The summed E-state index contributed by atoms with van der Waals surface area (Å²) in [6, 6.07) is 13.9. The topological polar surface area (TPSA) is 82.7 Å². The first kappa shape index (κ1) is 22.7. The van der Waals surface area contributed by atoms with Crippen LogP contribution in [0.1, 0.15) is 34.1 Å². The first-order chi connectivity index (χ1) is 16.0. The van der Waals surface area contributed by atoms with Crippen LogP contribution in [0.3, 0.4) is 0 Å². The van der Waals surface area contributed by atoms with Crippen molar-refractivity contribution in [2.24, 2.45) is 5.10 Å². The van der Waals surface area contributed by atoms with Crippen LogP contribution in [0.15, 0.2) is 62.7 Å². The molecule has 3 aromatic rings. The molecule has 0 bridgehead atoms. The number of nitrogens with zero attached hydrogens (tertiary/aromatic N) is 2. The fourth-order valence-electron chi connectivity index (χ4n) is 3.77. The summed E-state index contributed by atoms with van der Waals surface area (Å²) in [7, 11) is 6.34. The number of ether oxygens (including phenoxy) is 4. The molecule has 0 unspecified atom stereocenters. The highest BCUT2D eigenvalue weighted by atomic mass is 79.9. The average molecular weight is 515 g/mol. The molecule has 2 heterocycles. The normalized spacial score (nSPS) is 15.2. The molecule has 1 aliphatic heterocycles. The molecule has 0 radical (unpaired) electrons. The van der Waals surface area contributed by atoms with Crippen molar-refractivity contribution in [2.75, 3.05) is 28.4 Å². The van der Waals surface area contributed by atoms with E-state index in [9.17, 15) is 4.79 Å². The van der Waals surface area contributed by atoms with Crippen molar-refractivity contribution in [1.82, 2.24) is 5.01 Å². The molecule has 1 aliphatic rings. The van der Waals surface area contributed by atoms with Gasteiger partial charge in [-0.1, -0.05) is 0 Å². The zero-order valence-corrected chi connectivity index (χ0v) is 20.2. The number of rotatable bonds is 7. The Kier molecular flexibility index (Phi) is 6.60. The molecule has 0 N–H and O–H groups in total. The predicted molar refractivity (Wildman–Crippen MR) is 126 cm³/mol. The Balaban J connectivity index is 1.79. The van der Waals surface area contributed by atoms with Crippen LogP contribution in [0.4, 0.5) is 0 Å². The van der Waals surface area contributed by atoms with E-state index in [-0.39, 0.29) is 11.7 Å². The number of hydrazone groups is 1. The number of methoxy groups -OCH3 is 4. The van der Waals surface area contributed by atoms with Crippen LogP contribution in [0.25, 0.3) is 0 Å². The zero-order chi connectivity index (χ0) is 23.5. The summed E-state index contributed by atoms with van der Waals surface area (Å²) < 4.78 is 27.8. The van der Waals surface area contributed by atoms with Crippen LogP contribution in [0.5, 0.6) is 23.0 Å². The van der Waals surface area contributed by atoms with Gasteiger partial charge in [-0.25, -0.2) is 5.01 Å². The van der Waals surface area contributed by atoms with Gasteiger partial charge in [-0.2, -0.15) is 5.10 Å². The van der Waals surface area contributed by atoms with Crippen molar-refractivity contribution in [1.29, 1.82) is 0 Å². The van der Waals surface area contributed by atoms with Crippen molar-refractivity contribution in [3.63, 3.8) is 0 Å². The second-order valence-electron chi connectivity index (χ2n) is 7.20. The Morgan fingerprint density at radius 3 is 2.30 bits per heavy atom. The summed E-state index contributed by atoms with van der Waals surface area (Å²) in [6.07, 6.45) is 0.451. The van der Waals surface area contributed by atoms with Gasteiger partial charge in [0.1, 0.15) is 11.5 Å². The Hall–Kier alpha value is -3.46. The van der Waals surface area contributed by atoms with E-state index >= 15 is 0 Å². The van der Waals surface area contributed by atoms with Crippen molar-refractivity contribution < 1.29 is 28.2 Å². The quantitative estimate of drug-likeness (QED) is 0.437. The second-order valence-corrected chi connectivity index (χ2v) is 7.98. The van der Waals surface area contributed by atoms with E-state index in [1.54, 1.807) is 40.6 Å². The van der Waals surface area contributed by atoms with E-state index in [0.29, 0.717) is 39.8 Å². The summed E-state index contributed by atoms with van der Waals surface area (Å²) in [4.78, 5) is 13.4. The lowest BCUT2D eigenvalue weighted by molar-refractivity contribution is 0.0675. The maximum atomic E-state index is 13.4. The monoisotopic (exact) mass is 514 g/mol. The van der Waals surface area contributed by atoms with Crippen molar-refractivity contribution in [2.45, 2.75) is 12.5 Å². The second kappa shape index (κ2) is 9.58. The van der Waals surface area contributed by atoms with Gasteiger partial charge < -0.3 is 23.4 Å². The summed E-state index contributed by atoms with van der Waals surface area (Å²) in [5, 5.41) is 6.12. The fraction of sp³-hybridized carbons (Fsp3) is 0.250. The first-order valence-corrected chi connectivity index (χ1v) is 10.9. The maximum Gasteiger partial charge on any atom is 0.310 e. The summed E-state index contributed by atoms with van der Waals surface area (Å²) in [6.45, 7) is 0. The highest BCUT2D eigenvalue weighted by Crippen LogP contribution is 2.41. The molecule has 1 atom stereocenters. The minimum absolute atomic E-state index is 0.172. The number of furan rings is 1. The third-order valence-electron chi connectivity index (χ3n) is 5.42. The number of carbonyl (C=O) groups is 1. The van der Waals surface area contributed by atoms with Crippen LogP contribution in [-0.2, 0) is 0 Å². The first-order valence-electron chi connectivity index (χ1n) is 10.1. The van der Waals surface area contributed by atoms with Crippen LogP contribution in [0, 0.1) is 0 Å². The van der Waals surface area contributed by atoms with E-state index in [4.69, 9.17) is 28.5 Å². The van der Waals surface area contributed by atoms with Crippen LogP contribution in [-0.4, -0.2) is 45.1 Å². The van der Waals surface area contributed by atoms with Gasteiger partial charge in [0.05, 0.1) is 40.2 Å². The van der Waals surface area contributed by atoms with E-state index in [1.165, 1.54) is 5.01 Å². The molecule has 0 saturated heterocycles. The molecule has 0 fully saturated rings. The van der Waals surface area contributed by atoms with Gasteiger partial charge in [0.15, 0.2) is 21.9 Å².